The van der Waals surface area contributed by atoms with Gasteiger partial charge in [0, 0.05) is 17.3 Å². The molecule has 0 saturated heterocycles. The Labute approximate surface area is 165 Å². The van der Waals surface area contributed by atoms with Crippen molar-refractivity contribution in [1.82, 2.24) is 4.90 Å². The summed E-state index contributed by atoms with van der Waals surface area (Å²) >= 11 is 0. The molecule has 0 aliphatic carbocycles. The maximum Gasteiger partial charge on any atom is 0.325 e. The standard InChI is InChI=1S/C20H24N2O5S/c1-4-27-19(23)14-22(15(2)3)20(24)16-10-12-18(13-11-16)28(25,26)21-17-8-6-5-7-9-17/h5-13,15,21H,4,14H2,1-3H3. The fraction of sp³-hybridized carbons (Fsp3) is 0.300. The number of anilines is 1. The molecule has 2 rings (SSSR count). The Hall–Kier alpha value is -2.87. The molecule has 0 radical (unpaired) electrons. The predicted octanol–water partition coefficient (Wildman–Crippen LogP) is 2.90. The zero-order chi connectivity index (χ0) is 20.7. The number of amides is 1. The highest BCUT2D eigenvalue weighted by Crippen LogP contribution is 2.17. The fourth-order valence-electron chi connectivity index (χ4n) is 2.50. The van der Waals surface area contributed by atoms with Crippen LogP contribution >= 0.6 is 0 Å². The zero-order valence-corrected chi connectivity index (χ0v) is 16.9. The number of sulfonamides is 1. The molecule has 0 bridgehead atoms. The highest BCUT2D eigenvalue weighted by Gasteiger charge is 2.23. The van der Waals surface area contributed by atoms with Crippen molar-refractivity contribution in [2.75, 3.05) is 17.9 Å². The molecule has 0 aliphatic heterocycles. The highest BCUT2D eigenvalue weighted by atomic mass is 32.2. The van der Waals surface area contributed by atoms with Gasteiger partial charge in [-0.05, 0) is 57.2 Å². The van der Waals surface area contributed by atoms with Gasteiger partial charge in [-0.1, -0.05) is 18.2 Å². The lowest BCUT2D eigenvalue weighted by Gasteiger charge is -2.25. The van der Waals surface area contributed by atoms with Gasteiger partial charge < -0.3 is 9.64 Å². The minimum absolute atomic E-state index is 0.0365. The van der Waals surface area contributed by atoms with Crippen molar-refractivity contribution in [3.8, 4) is 0 Å². The summed E-state index contributed by atoms with van der Waals surface area (Å²) in [4.78, 5) is 25.9. The van der Waals surface area contributed by atoms with Crippen molar-refractivity contribution in [3.63, 3.8) is 0 Å². The first-order valence-corrected chi connectivity index (χ1v) is 10.4. The molecule has 0 atom stereocenters. The smallest absolute Gasteiger partial charge is 0.325 e. The van der Waals surface area contributed by atoms with Crippen molar-refractivity contribution < 1.29 is 22.7 Å². The lowest BCUT2D eigenvalue weighted by molar-refractivity contribution is -0.144. The summed E-state index contributed by atoms with van der Waals surface area (Å²) in [6, 6.07) is 13.9. The maximum absolute atomic E-state index is 12.7. The molecule has 0 aliphatic rings. The van der Waals surface area contributed by atoms with Crippen LogP contribution in [0, 0.1) is 0 Å². The minimum Gasteiger partial charge on any atom is -0.465 e. The second-order valence-corrected chi connectivity index (χ2v) is 8.01. The quantitative estimate of drug-likeness (QED) is 0.683. The number of hydrogen-bond donors (Lipinski definition) is 1. The van der Waals surface area contributed by atoms with Crippen molar-refractivity contribution in [1.29, 1.82) is 0 Å². The number of hydrogen-bond acceptors (Lipinski definition) is 5. The van der Waals surface area contributed by atoms with Gasteiger partial charge in [0.05, 0.1) is 11.5 Å². The van der Waals surface area contributed by atoms with Crippen molar-refractivity contribution in [2.24, 2.45) is 0 Å². The van der Waals surface area contributed by atoms with Crippen LogP contribution < -0.4 is 4.72 Å². The van der Waals surface area contributed by atoms with Gasteiger partial charge in [-0.25, -0.2) is 8.42 Å². The molecule has 8 heteroatoms. The third-order valence-corrected chi connectivity index (χ3v) is 5.32. The molecule has 7 nitrogen and oxygen atoms in total. The van der Waals surface area contributed by atoms with Crippen LogP contribution in [0.4, 0.5) is 5.69 Å². The number of nitrogens with zero attached hydrogens (tertiary/aromatic N) is 1. The van der Waals surface area contributed by atoms with Gasteiger partial charge in [-0.2, -0.15) is 0 Å². The van der Waals surface area contributed by atoms with E-state index in [0.29, 0.717) is 5.69 Å². The molecule has 0 spiro atoms. The van der Waals surface area contributed by atoms with E-state index in [4.69, 9.17) is 4.74 Å². The summed E-state index contributed by atoms with van der Waals surface area (Å²) < 4.78 is 32.3. The second kappa shape index (κ2) is 9.36. The highest BCUT2D eigenvalue weighted by molar-refractivity contribution is 7.92. The van der Waals surface area contributed by atoms with E-state index in [0.717, 1.165) is 0 Å². The molecular weight excluding hydrogens is 380 g/mol. The third kappa shape index (κ3) is 5.56. The van der Waals surface area contributed by atoms with Crippen LogP contribution in [-0.4, -0.2) is 44.4 Å². The molecule has 0 saturated carbocycles. The van der Waals surface area contributed by atoms with Crippen LogP contribution in [0.3, 0.4) is 0 Å². The van der Waals surface area contributed by atoms with E-state index >= 15 is 0 Å². The Morgan fingerprint density at radius 3 is 2.18 bits per heavy atom. The number of benzene rings is 2. The number of rotatable bonds is 8. The molecular formula is C20H24N2O5S. The molecule has 0 heterocycles. The van der Waals surface area contributed by atoms with Crippen molar-refractivity contribution >= 4 is 27.6 Å². The van der Waals surface area contributed by atoms with Crippen LogP contribution in [0.2, 0.25) is 0 Å². The van der Waals surface area contributed by atoms with Gasteiger partial charge in [-0.15, -0.1) is 0 Å². The fourth-order valence-corrected chi connectivity index (χ4v) is 3.56. The molecule has 28 heavy (non-hydrogen) atoms. The summed E-state index contributed by atoms with van der Waals surface area (Å²) in [6.07, 6.45) is 0. The number of ether oxygens (including phenoxy) is 1. The van der Waals surface area contributed by atoms with Crippen LogP contribution in [0.1, 0.15) is 31.1 Å². The summed E-state index contributed by atoms with van der Waals surface area (Å²) in [5.41, 5.74) is 0.736. The molecule has 1 amide bonds. The van der Waals surface area contributed by atoms with E-state index in [1.165, 1.54) is 29.2 Å². The molecule has 0 aromatic heterocycles. The van der Waals surface area contributed by atoms with E-state index in [1.54, 1.807) is 51.1 Å². The molecule has 1 N–H and O–H groups in total. The van der Waals surface area contributed by atoms with Crippen molar-refractivity contribution in [3.05, 3.63) is 60.2 Å². The molecule has 0 fully saturated rings. The number of carbonyl (C=O) groups is 2. The minimum atomic E-state index is -3.77. The first-order valence-electron chi connectivity index (χ1n) is 8.89. The van der Waals surface area contributed by atoms with Gasteiger partial charge >= 0.3 is 5.97 Å². The molecule has 0 unspecified atom stereocenters. The van der Waals surface area contributed by atoms with E-state index in [2.05, 4.69) is 4.72 Å². The topological polar surface area (TPSA) is 92.8 Å². The SMILES string of the molecule is CCOC(=O)CN(C(=O)c1ccc(S(=O)(=O)Nc2ccccc2)cc1)C(C)C. The third-order valence-electron chi connectivity index (χ3n) is 3.93. The summed E-state index contributed by atoms with van der Waals surface area (Å²) in [7, 11) is -3.77. The Bertz CT molecular complexity index is 909. The van der Waals surface area contributed by atoms with Gasteiger partial charge in [0.25, 0.3) is 15.9 Å². The Morgan fingerprint density at radius 1 is 1.04 bits per heavy atom. The average molecular weight is 404 g/mol. The van der Waals surface area contributed by atoms with Crippen LogP contribution in [0.5, 0.6) is 0 Å². The van der Waals surface area contributed by atoms with Crippen LogP contribution in [0.15, 0.2) is 59.5 Å². The van der Waals surface area contributed by atoms with E-state index in [-0.39, 0.29) is 35.6 Å². The summed E-state index contributed by atoms with van der Waals surface area (Å²) in [6.45, 7) is 5.35. The lowest BCUT2D eigenvalue weighted by Crippen LogP contribution is -2.41. The Morgan fingerprint density at radius 2 is 1.64 bits per heavy atom. The largest absolute Gasteiger partial charge is 0.465 e. The molecule has 2 aromatic carbocycles. The van der Waals surface area contributed by atoms with Gasteiger partial charge in [0.2, 0.25) is 0 Å². The van der Waals surface area contributed by atoms with Crippen LogP contribution in [0.25, 0.3) is 0 Å². The first-order chi connectivity index (χ1) is 13.2. The van der Waals surface area contributed by atoms with Gasteiger partial charge in [0.1, 0.15) is 6.54 Å². The average Bonchev–Trinajstić information content (AvgIpc) is 2.66. The van der Waals surface area contributed by atoms with Crippen LogP contribution in [-0.2, 0) is 19.6 Å². The zero-order valence-electron chi connectivity index (χ0n) is 16.1. The van der Waals surface area contributed by atoms with E-state index in [9.17, 15) is 18.0 Å². The van der Waals surface area contributed by atoms with Gasteiger partial charge in [0.15, 0.2) is 0 Å². The molecule has 150 valence electrons. The molecule has 2 aromatic rings. The second-order valence-electron chi connectivity index (χ2n) is 6.33. The van der Waals surface area contributed by atoms with E-state index in [1.807, 2.05) is 0 Å². The monoisotopic (exact) mass is 404 g/mol. The summed E-state index contributed by atoms with van der Waals surface area (Å²) in [5.74, 6) is -0.862. The summed E-state index contributed by atoms with van der Waals surface area (Å²) in [5, 5.41) is 0. The maximum atomic E-state index is 12.7. The first kappa shape index (κ1) is 21.4. The normalized spacial score (nSPS) is 11.1. The Balaban J connectivity index is 2.17. The number of carbonyl (C=O) groups excluding carboxylic acids is 2. The predicted molar refractivity (Wildman–Crippen MR) is 106 cm³/mol. The Kier molecular flexibility index (Phi) is 7.17. The number of para-hydroxylation sites is 1. The van der Waals surface area contributed by atoms with Gasteiger partial charge in [-0.3, -0.25) is 14.3 Å². The van der Waals surface area contributed by atoms with E-state index < -0.39 is 16.0 Å². The number of esters is 1. The van der Waals surface area contributed by atoms with Crippen molar-refractivity contribution in [2.45, 2.75) is 31.7 Å². The lowest BCUT2D eigenvalue weighted by atomic mass is 10.1. The number of nitrogens with one attached hydrogen (secondary N) is 1.